The molecule has 2 aromatic heterocycles. The number of nitrogens with one attached hydrogen (secondary N) is 1. The van der Waals surface area contributed by atoms with Crippen LogP contribution in [0.1, 0.15) is 31.0 Å². The number of ether oxygens (including phenoxy) is 1. The second-order valence-electron chi connectivity index (χ2n) is 6.34. The summed E-state index contributed by atoms with van der Waals surface area (Å²) in [5, 5.41) is 9.46. The molecular formula is C21H22N2O3S2. The van der Waals surface area contributed by atoms with E-state index in [0.29, 0.717) is 11.4 Å². The molecular weight excluding hydrogens is 392 g/mol. The first-order chi connectivity index (χ1) is 13.6. The van der Waals surface area contributed by atoms with E-state index in [-0.39, 0.29) is 18.9 Å². The Morgan fingerprint density at radius 3 is 2.68 bits per heavy atom. The fraction of sp³-hybridized carbons (Fsp3) is 0.286. The number of anilines is 1. The van der Waals surface area contributed by atoms with Crippen molar-refractivity contribution >= 4 is 40.2 Å². The van der Waals surface area contributed by atoms with Crippen LogP contribution in [-0.4, -0.2) is 23.5 Å². The Labute approximate surface area is 172 Å². The van der Waals surface area contributed by atoms with Gasteiger partial charge in [0.1, 0.15) is 5.01 Å². The summed E-state index contributed by atoms with van der Waals surface area (Å²) in [7, 11) is 0. The second-order valence-corrected chi connectivity index (χ2v) is 7.98. The standard InChI is InChI=1S/C21H22N2O3S2/c1-2-3-4-15-5-7-17(8-6-15)22-19(24)12-26-20(25)11-18-14-28-21(23-18)16-9-10-27-13-16/h5-10,13-14H,2-4,11-12H2,1H3,(H,22,24). The lowest BCUT2D eigenvalue weighted by molar-refractivity contribution is -0.146. The maximum Gasteiger partial charge on any atom is 0.312 e. The molecule has 0 saturated carbocycles. The van der Waals surface area contributed by atoms with Crippen molar-refractivity contribution in [3.63, 3.8) is 0 Å². The number of carbonyl (C=O) groups is 2. The predicted molar refractivity (Wildman–Crippen MR) is 114 cm³/mol. The summed E-state index contributed by atoms with van der Waals surface area (Å²) >= 11 is 3.09. The third-order valence-corrected chi connectivity index (χ3v) is 5.69. The Hall–Kier alpha value is -2.51. The van der Waals surface area contributed by atoms with E-state index < -0.39 is 5.97 Å². The molecule has 3 rings (SSSR count). The fourth-order valence-corrected chi connectivity index (χ4v) is 4.12. The average molecular weight is 415 g/mol. The summed E-state index contributed by atoms with van der Waals surface area (Å²) in [5.74, 6) is -0.820. The number of benzene rings is 1. The highest BCUT2D eigenvalue weighted by molar-refractivity contribution is 7.14. The van der Waals surface area contributed by atoms with Gasteiger partial charge in [0, 0.05) is 22.0 Å². The van der Waals surface area contributed by atoms with Crippen LogP contribution in [0, 0.1) is 0 Å². The number of unbranched alkanes of at least 4 members (excludes halogenated alkanes) is 1. The SMILES string of the molecule is CCCCc1ccc(NC(=O)COC(=O)Cc2csc(-c3ccsc3)n2)cc1. The molecule has 0 aliphatic rings. The van der Waals surface area contributed by atoms with Gasteiger partial charge in [-0.05, 0) is 42.0 Å². The van der Waals surface area contributed by atoms with Gasteiger partial charge in [-0.25, -0.2) is 4.98 Å². The van der Waals surface area contributed by atoms with Gasteiger partial charge in [0.05, 0.1) is 12.1 Å². The first-order valence-corrected chi connectivity index (χ1v) is 11.0. The lowest BCUT2D eigenvalue weighted by atomic mass is 10.1. The minimum atomic E-state index is -0.466. The summed E-state index contributed by atoms with van der Waals surface area (Å²) in [6, 6.07) is 9.74. The Morgan fingerprint density at radius 1 is 1.14 bits per heavy atom. The molecule has 3 aromatic rings. The number of nitrogens with zero attached hydrogens (tertiary/aromatic N) is 1. The van der Waals surface area contributed by atoms with Crippen LogP contribution in [0.5, 0.6) is 0 Å². The zero-order valence-corrected chi connectivity index (χ0v) is 17.3. The molecule has 0 aliphatic heterocycles. The zero-order chi connectivity index (χ0) is 19.8. The minimum Gasteiger partial charge on any atom is -0.455 e. The molecule has 28 heavy (non-hydrogen) atoms. The number of amides is 1. The molecule has 0 spiro atoms. The number of aryl methyl sites for hydroxylation is 1. The van der Waals surface area contributed by atoms with Gasteiger partial charge in [-0.15, -0.1) is 11.3 Å². The highest BCUT2D eigenvalue weighted by Crippen LogP contribution is 2.25. The van der Waals surface area contributed by atoms with Gasteiger partial charge >= 0.3 is 5.97 Å². The first kappa shape index (κ1) is 20.2. The number of thiophene rings is 1. The number of carbonyl (C=O) groups excluding carboxylic acids is 2. The van der Waals surface area contributed by atoms with Crippen molar-refractivity contribution in [1.82, 2.24) is 4.98 Å². The Morgan fingerprint density at radius 2 is 1.96 bits per heavy atom. The van der Waals surface area contributed by atoms with Crippen molar-refractivity contribution in [1.29, 1.82) is 0 Å². The van der Waals surface area contributed by atoms with E-state index in [4.69, 9.17) is 4.74 Å². The molecule has 0 fully saturated rings. The predicted octanol–water partition coefficient (Wildman–Crippen LogP) is 4.94. The van der Waals surface area contributed by atoms with Crippen LogP contribution in [0.2, 0.25) is 0 Å². The third kappa shape index (κ3) is 6.00. The quantitative estimate of drug-likeness (QED) is 0.504. The van der Waals surface area contributed by atoms with E-state index in [2.05, 4.69) is 17.2 Å². The van der Waals surface area contributed by atoms with E-state index in [9.17, 15) is 9.59 Å². The van der Waals surface area contributed by atoms with Crippen LogP contribution in [0.4, 0.5) is 5.69 Å². The van der Waals surface area contributed by atoms with Gasteiger partial charge in [-0.3, -0.25) is 9.59 Å². The van der Waals surface area contributed by atoms with Crippen molar-refractivity contribution < 1.29 is 14.3 Å². The van der Waals surface area contributed by atoms with Gasteiger partial charge in [-0.1, -0.05) is 25.5 Å². The van der Waals surface area contributed by atoms with E-state index in [1.807, 2.05) is 46.5 Å². The van der Waals surface area contributed by atoms with E-state index in [0.717, 1.165) is 29.8 Å². The number of aromatic nitrogens is 1. The van der Waals surface area contributed by atoms with Gasteiger partial charge < -0.3 is 10.1 Å². The molecule has 0 bridgehead atoms. The van der Waals surface area contributed by atoms with Crippen molar-refractivity contribution in [3.05, 3.63) is 57.7 Å². The van der Waals surface area contributed by atoms with Crippen LogP contribution in [-0.2, 0) is 27.2 Å². The van der Waals surface area contributed by atoms with E-state index in [1.54, 1.807) is 11.3 Å². The number of rotatable bonds is 9. The van der Waals surface area contributed by atoms with Gasteiger partial charge in [0.2, 0.25) is 0 Å². The summed E-state index contributed by atoms with van der Waals surface area (Å²) < 4.78 is 5.07. The van der Waals surface area contributed by atoms with Crippen molar-refractivity contribution in [2.45, 2.75) is 32.6 Å². The van der Waals surface area contributed by atoms with Crippen LogP contribution in [0.3, 0.4) is 0 Å². The van der Waals surface area contributed by atoms with Crippen LogP contribution in [0.15, 0.2) is 46.5 Å². The second kappa shape index (κ2) is 10.1. The smallest absolute Gasteiger partial charge is 0.312 e. The van der Waals surface area contributed by atoms with Crippen LogP contribution in [0.25, 0.3) is 10.6 Å². The molecule has 0 unspecified atom stereocenters. The molecule has 5 nitrogen and oxygen atoms in total. The number of hydrogen-bond acceptors (Lipinski definition) is 6. The number of esters is 1. The monoisotopic (exact) mass is 414 g/mol. The summed E-state index contributed by atoms with van der Waals surface area (Å²) in [4.78, 5) is 28.4. The molecule has 2 heterocycles. The lowest BCUT2D eigenvalue weighted by Gasteiger charge is -2.07. The van der Waals surface area contributed by atoms with E-state index in [1.165, 1.54) is 16.9 Å². The molecule has 0 aliphatic carbocycles. The lowest BCUT2D eigenvalue weighted by Crippen LogP contribution is -2.21. The zero-order valence-electron chi connectivity index (χ0n) is 15.6. The number of hydrogen-bond donors (Lipinski definition) is 1. The van der Waals surface area contributed by atoms with Crippen molar-refractivity contribution in [3.8, 4) is 10.6 Å². The van der Waals surface area contributed by atoms with Crippen molar-refractivity contribution in [2.24, 2.45) is 0 Å². The first-order valence-electron chi connectivity index (χ1n) is 9.15. The normalized spacial score (nSPS) is 10.6. The van der Waals surface area contributed by atoms with Crippen molar-refractivity contribution in [2.75, 3.05) is 11.9 Å². The molecule has 1 amide bonds. The fourth-order valence-electron chi connectivity index (χ4n) is 2.58. The Balaban J connectivity index is 1.42. The minimum absolute atomic E-state index is 0.0556. The maximum absolute atomic E-state index is 12.0. The summed E-state index contributed by atoms with van der Waals surface area (Å²) in [6.45, 7) is 1.85. The topological polar surface area (TPSA) is 68.3 Å². The average Bonchev–Trinajstić information content (AvgIpc) is 3.37. The van der Waals surface area contributed by atoms with E-state index >= 15 is 0 Å². The maximum atomic E-state index is 12.0. The summed E-state index contributed by atoms with van der Waals surface area (Å²) in [6.07, 6.45) is 3.39. The highest BCUT2D eigenvalue weighted by Gasteiger charge is 2.12. The molecule has 1 aromatic carbocycles. The molecule has 0 radical (unpaired) electrons. The highest BCUT2D eigenvalue weighted by atomic mass is 32.1. The third-order valence-electron chi connectivity index (χ3n) is 4.07. The number of thiazole rings is 1. The van der Waals surface area contributed by atoms with Gasteiger partial charge in [0.15, 0.2) is 6.61 Å². The molecule has 1 N–H and O–H groups in total. The molecule has 7 heteroatoms. The molecule has 146 valence electrons. The Kier molecular flexibility index (Phi) is 7.33. The Bertz CT molecular complexity index is 902. The van der Waals surface area contributed by atoms with Gasteiger partial charge in [0.25, 0.3) is 5.91 Å². The summed E-state index contributed by atoms with van der Waals surface area (Å²) in [5.41, 5.74) is 3.64. The molecule has 0 atom stereocenters. The molecule has 0 saturated heterocycles. The van der Waals surface area contributed by atoms with Gasteiger partial charge in [-0.2, -0.15) is 11.3 Å². The van der Waals surface area contributed by atoms with Crippen LogP contribution >= 0.6 is 22.7 Å². The van der Waals surface area contributed by atoms with Crippen LogP contribution < -0.4 is 5.32 Å². The largest absolute Gasteiger partial charge is 0.455 e.